The molecule has 0 saturated carbocycles. The maximum atomic E-state index is 14.6. The van der Waals surface area contributed by atoms with Crippen LogP contribution >= 0.6 is 46.4 Å². The Balaban J connectivity index is 2.16. The van der Waals surface area contributed by atoms with Gasteiger partial charge in [0.1, 0.15) is 11.5 Å². The van der Waals surface area contributed by atoms with Gasteiger partial charge in [-0.3, -0.25) is 4.98 Å². The summed E-state index contributed by atoms with van der Waals surface area (Å²) in [5.41, 5.74) is 1.43. The zero-order valence-electron chi connectivity index (χ0n) is 11.5. The molecule has 6 heteroatoms. The number of pyridine rings is 1. The molecule has 0 aliphatic carbocycles. The van der Waals surface area contributed by atoms with Gasteiger partial charge in [-0.2, -0.15) is 0 Å². The number of hydrogen-bond acceptors (Lipinski definition) is 1. The third-order valence-electron chi connectivity index (χ3n) is 3.29. The fourth-order valence-corrected chi connectivity index (χ4v) is 3.45. The molecule has 3 aromatic rings. The van der Waals surface area contributed by atoms with Crippen LogP contribution in [-0.2, 0) is 0 Å². The normalized spacial score (nSPS) is 10.8. The lowest BCUT2D eigenvalue weighted by molar-refractivity contribution is 0.626. The van der Waals surface area contributed by atoms with Crippen LogP contribution in [0.5, 0.6) is 0 Å². The highest BCUT2D eigenvalue weighted by atomic mass is 35.5. The number of halogens is 5. The minimum absolute atomic E-state index is 0.0764. The molecule has 1 nitrogen and oxygen atoms in total. The first kappa shape index (κ1) is 16.5. The van der Waals surface area contributed by atoms with Crippen molar-refractivity contribution < 1.29 is 4.39 Å². The number of nitrogens with zero attached hydrogens (tertiary/aromatic N) is 1. The Kier molecular flexibility index (Phi) is 4.79. The second-order valence-corrected chi connectivity index (χ2v) is 6.38. The van der Waals surface area contributed by atoms with E-state index in [1.54, 1.807) is 36.4 Å². The fraction of sp³-hybridized carbons (Fsp3) is 0. The van der Waals surface area contributed by atoms with Gasteiger partial charge in [-0.15, -0.1) is 0 Å². The van der Waals surface area contributed by atoms with Crippen molar-refractivity contribution in [2.75, 3.05) is 0 Å². The van der Waals surface area contributed by atoms with E-state index in [2.05, 4.69) is 4.98 Å². The van der Waals surface area contributed by atoms with Gasteiger partial charge in [0, 0.05) is 32.9 Å². The van der Waals surface area contributed by atoms with Crippen LogP contribution in [0.25, 0.3) is 22.4 Å². The van der Waals surface area contributed by atoms with Crippen LogP contribution in [-0.4, -0.2) is 4.98 Å². The Morgan fingerprint density at radius 2 is 1.22 bits per heavy atom. The lowest BCUT2D eigenvalue weighted by Crippen LogP contribution is -1.93. The first-order chi connectivity index (χ1) is 11.0. The minimum atomic E-state index is -0.562. The number of rotatable bonds is 2. The lowest BCUT2D eigenvalue weighted by atomic mass is 10.0. The van der Waals surface area contributed by atoms with Crippen LogP contribution in [0.3, 0.4) is 0 Å². The van der Waals surface area contributed by atoms with Gasteiger partial charge in [-0.25, -0.2) is 4.39 Å². The van der Waals surface area contributed by atoms with Crippen molar-refractivity contribution in [2.45, 2.75) is 0 Å². The summed E-state index contributed by atoms with van der Waals surface area (Å²) < 4.78 is 14.6. The molecular formula is C17H8Cl4FN. The average Bonchev–Trinajstić information content (AvgIpc) is 2.49. The summed E-state index contributed by atoms with van der Waals surface area (Å²) in [4.78, 5) is 4.17. The molecule has 2 aromatic carbocycles. The summed E-state index contributed by atoms with van der Waals surface area (Å²) in [5, 5.41) is 1.49. The van der Waals surface area contributed by atoms with Crippen molar-refractivity contribution in [3.8, 4) is 22.4 Å². The Labute approximate surface area is 152 Å². The number of hydrogen-bond donors (Lipinski definition) is 0. The maximum Gasteiger partial charge on any atom is 0.150 e. The first-order valence-corrected chi connectivity index (χ1v) is 8.04. The van der Waals surface area contributed by atoms with E-state index in [9.17, 15) is 4.39 Å². The molecular weight excluding hydrogens is 379 g/mol. The zero-order chi connectivity index (χ0) is 16.6. The second-order valence-electron chi connectivity index (χ2n) is 4.75. The summed E-state index contributed by atoms with van der Waals surface area (Å²) in [7, 11) is 0. The zero-order valence-corrected chi connectivity index (χ0v) is 14.5. The molecule has 0 spiro atoms. The highest BCUT2D eigenvalue weighted by Gasteiger charge is 2.17. The van der Waals surface area contributed by atoms with Crippen LogP contribution < -0.4 is 0 Å². The average molecular weight is 387 g/mol. The monoisotopic (exact) mass is 385 g/mol. The van der Waals surface area contributed by atoms with E-state index < -0.39 is 5.82 Å². The summed E-state index contributed by atoms with van der Waals surface area (Å²) in [6.07, 6.45) is 1.49. The Hall–Kier alpha value is -1.32. The van der Waals surface area contributed by atoms with E-state index in [-0.39, 0.29) is 5.69 Å². The molecule has 0 unspecified atom stereocenters. The Morgan fingerprint density at radius 1 is 0.739 bits per heavy atom. The molecule has 116 valence electrons. The topological polar surface area (TPSA) is 12.9 Å². The van der Waals surface area contributed by atoms with E-state index in [1.165, 1.54) is 12.3 Å². The van der Waals surface area contributed by atoms with Gasteiger partial charge in [-0.1, -0.05) is 58.5 Å². The van der Waals surface area contributed by atoms with Crippen molar-refractivity contribution in [3.05, 3.63) is 74.6 Å². The van der Waals surface area contributed by atoms with Gasteiger partial charge in [-0.05, 0) is 30.3 Å². The quantitative estimate of drug-likeness (QED) is 0.454. The van der Waals surface area contributed by atoms with Crippen molar-refractivity contribution in [1.82, 2.24) is 4.98 Å². The highest BCUT2D eigenvalue weighted by molar-refractivity contribution is 6.39. The third-order valence-corrected chi connectivity index (χ3v) is 4.55. The van der Waals surface area contributed by atoms with E-state index in [0.717, 1.165) is 0 Å². The summed E-state index contributed by atoms with van der Waals surface area (Å²) in [6, 6.07) is 11.3. The smallest absolute Gasteiger partial charge is 0.150 e. The predicted octanol–water partition coefficient (Wildman–Crippen LogP) is 7.17. The molecule has 0 aliphatic rings. The van der Waals surface area contributed by atoms with Crippen LogP contribution in [0.2, 0.25) is 20.1 Å². The van der Waals surface area contributed by atoms with Crippen molar-refractivity contribution >= 4 is 46.4 Å². The largest absolute Gasteiger partial charge is 0.252 e. The van der Waals surface area contributed by atoms with Crippen LogP contribution in [0, 0.1) is 5.82 Å². The van der Waals surface area contributed by atoms with Gasteiger partial charge >= 0.3 is 0 Å². The Bertz CT molecular complexity index is 855. The number of aromatic nitrogens is 1. The second kappa shape index (κ2) is 6.66. The predicted molar refractivity (Wildman–Crippen MR) is 95.1 cm³/mol. The molecule has 1 aromatic heterocycles. The standard InChI is InChI=1S/C17H8Cl4FN/c18-10-3-1-4-11(19)15(10)9-7-14(22)17(23-8-9)16-12(20)5-2-6-13(16)21/h1-8H. The first-order valence-electron chi connectivity index (χ1n) is 6.53. The van der Waals surface area contributed by atoms with Gasteiger partial charge in [0.05, 0.1) is 10.0 Å². The van der Waals surface area contributed by atoms with Crippen molar-refractivity contribution in [2.24, 2.45) is 0 Å². The summed E-state index contributed by atoms with van der Waals surface area (Å²) >= 11 is 24.5. The molecule has 0 amide bonds. The van der Waals surface area contributed by atoms with Crippen molar-refractivity contribution in [1.29, 1.82) is 0 Å². The molecule has 0 atom stereocenters. The number of benzene rings is 2. The maximum absolute atomic E-state index is 14.6. The SMILES string of the molecule is Fc1cc(-c2c(Cl)cccc2Cl)cnc1-c1c(Cl)cccc1Cl. The fourth-order valence-electron chi connectivity index (χ4n) is 2.26. The molecule has 0 aliphatic heterocycles. The lowest BCUT2D eigenvalue weighted by Gasteiger charge is -2.11. The summed E-state index contributed by atoms with van der Waals surface area (Å²) in [5.74, 6) is -0.562. The third kappa shape index (κ3) is 3.17. The van der Waals surface area contributed by atoms with E-state index in [1.807, 2.05) is 0 Å². The van der Waals surface area contributed by atoms with Crippen LogP contribution in [0.4, 0.5) is 4.39 Å². The molecule has 0 N–H and O–H groups in total. The molecule has 0 saturated heterocycles. The van der Waals surface area contributed by atoms with Gasteiger partial charge in [0.25, 0.3) is 0 Å². The van der Waals surface area contributed by atoms with E-state index >= 15 is 0 Å². The molecule has 0 fully saturated rings. The van der Waals surface area contributed by atoms with Crippen LogP contribution in [0.15, 0.2) is 48.7 Å². The molecule has 1 heterocycles. The molecule has 3 rings (SSSR count). The van der Waals surface area contributed by atoms with Gasteiger partial charge in [0.2, 0.25) is 0 Å². The van der Waals surface area contributed by atoms with E-state index in [4.69, 9.17) is 46.4 Å². The Morgan fingerprint density at radius 3 is 1.70 bits per heavy atom. The minimum Gasteiger partial charge on any atom is -0.252 e. The van der Waals surface area contributed by atoms with E-state index in [0.29, 0.717) is 36.8 Å². The molecule has 0 radical (unpaired) electrons. The molecule has 23 heavy (non-hydrogen) atoms. The van der Waals surface area contributed by atoms with Gasteiger partial charge < -0.3 is 0 Å². The molecule has 0 bridgehead atoms. The van der Waals surface area contributed by atoms with Crippen molar-refractivity contribution in [3.63, 3.8) is 0 Å². The summed E-state index contributed by atoms with van der Waals surface area (Å²) in [6.45, 7) is 0. The van der Waals surface area contributed by atoms with Gasteiger partial charge in [0.15, 0.2) is 0 Å². The van der Waals surface area contributed by atoms with Crippen LogP contribution in [0.1, 0.15) is 0 Å². The highest BCUT2D eigenvalue weighted by Crippen LogP contribution is 2.38.